The number of benzene rings is 1. The van der Waals surface area contributed by atoms with Crippen molar-refractivity contribution in [3.63, 3.8) is 0 Å². The van der Waals surface area contributed by atoms with E-state index in [2.05, 4.69) is 48.3 Å². The summed E-state index contributed by atoms with van der Waals surface area (Å²) in [6.07, 6.45) is 1.69. The van der Waals surface area contributed by atoms with Crippen LogP contribution in [0, 0.1) is 3.57 Å². The molecule has 3 rings (SSSR count). The number of amides is 1. The highest BCUT2D eigenvalue weighted by atomic mass is 127. The number of esters is 1. The van der Waals surface area contributed by atoms with Crippen LogP contribution in [-0.2, 0) is 9.53 Å². The molecule has 1 aromatic heterocycles. The molecule has 0 saturated carbocycles. The van der Waals surface area contributed by atoms with Crippen molar-refractivity contribution < 1.29 is 18.7 Å². The number of hydrogen-bond acceptors (Lipinski definition) is 6. The molecule has 134 valence electrons. The first kappa shape index (κ1) is 19.2. The summed E-state index contributed by atoms with van der Waals surface area (Å²) in [6.45, 7) is 0. The van der Waals surface area contributed by atoms with Gasteiger partial charge in [-0.15, -0.1) is 0 Å². The summed E-state index contributed by atoms with van der Waals surface area (Å²) >= 11 is 6.71. The molecule has 9 heteroatoms. The molecule has 1 saturated heterocycles. The largest absolute Gasteiger partial charge is 0.465 e. The molecule has 0 radical (unpaired) electrons. The molecule has 1 aromatic carbocycles. The molecule has 1 fully saturated rings. The third-order valence-electron chi connectivity index (χ3n) is 3.45. The number of halogens is 2. The van der Waals surface area contributed by atoms with Gasteiger partial charge in [-0.1, -0.05) is 0 Å². The van der Waals surface area contributed by atoms with Crippen molar-refractivity contribution in [2.75, 3.05) is 14.2 Å². The Hall–Kier alpha value is -1.59. The van der Waals surface area contributed by atoms with Gasteiger partial charge >= 0.3 is 5.97 Å². The van der Waals surface area contributed by atoms with Crippen molar-refractivity contribution in [3.8, 4) is 0 Å². The number of aliphatic imine (C=N–C) groups is 1. The maximum Gasteiger partial charge on any atom is 0.337 e. The second kappa shape index (κ2) is 7.97. The maximum absolute atomic E-state index is 12.4. The van der Waals surface area contributed by atoms with E-state index in [1.54, 1.807) is 37.4 Å². The molecule has 1 amide bonds. The fourth-order valence-electron chi connectivity index (χ4n) is 2.12. The van der Waals surface area contributed by atoms with Crippen LogP contribution in [0.25, 0.3) is 6.08 Å². The number of amidine groups is 1. The lowest BCUT2D eigenvalue weighted by molar-refractivity contribution is -0.121. The Balaban J connectivity index is 1.84. The number of rotatable bonds is 3. The first-order valence-corrected chi connectivity index (χ1v) is 9.97. The Morgan fingerprint density at radius 2 is 2.08 bits per heavy atom. The summed E-state index contributed by atoms with van der Waals surface area (Å²) in [6, 6.07) is 8.50. The van der Waals surface area contributed by atoms with E-state index in [4.69, 9.17) is 4.42 Å². The highest BCUT2D eigenvalue weighted by Crippen LogP contribution is 2.34. The topological polar surface area (TPSA) is 72.1 Å². The predicted molar refractivity (Wildman–Crippen MR) is 112 cm³/mol. The van der Waals surface area contributed by atoms with E-state index in [1.807, 2.05) is 6.07 Å². The first-order valence-electron chi connectivity index (χ1n) is 7.28. The van der Waals surface area contributed by atoms with Crippen molar-refractivity contribution in [1.82, 2.24) is 4.90 Å². The molecule has 0 spiro atoms. The number of carbonyl (C=O) groups is 2. The van der Waals surface area contributed by atoms with Crippen molar-refractivity contribution in [2.24, 2.45) is 4.99 Å². The van der Waals surface area contributed by atoms with Crippen LogP contribution in [0.4, 0.5) is 5.69 Å². The summed E-state index contributed by atoms with van der Waals surface area (Å²) in [7, 11) is 3.00. The lowest BCUT2D eigenvalue weighted by atomic mass is 10.2. The van der Waals surface area contributed by atoms with Gasteiger partial charge in [0.1, 0.15) is 5.76 Å². The Morgan fingerprint density at radius 1 is 1.38 bits per heavy atom. The fraction of sp³-hybridized carbons (Fsp3) is 0.118. The van der Waals surface area contributed by atoms with Gasteiger partial charge in [-0.25, -0.2) is 9.79 Å². The van der Waals surface area contributed by atoms with Crippen LogP contribution in [0.2, 0.25) is 0 Å². The van der Waals surface area contributed by atoms with Crippen LogP contribution in [0.5, 0.6) is 0 Å². The van der Waals surface area contributed by atoms with Gasteiger partial charge in [-0.3, -0.25) is 9.69 Å². The lowest BCUT2D eigenvalue weighted by Gasteiger charge is -2.07. The Bertz CT molecular complexity index is 917. The van der Waals surface area contributed by atoms with Gasteiger partial charge < -0.3 is 9.15 Å². The zero-order chi connectivity index (χ0) is 18.8. The molecule has 0 bridgehead atoms. The summed E-state index contributed by atoms with van der Waals surface area (Å²) in [5.74, 6) is 0.0351. The quantitative estimate of drug-likeness (QED) is 0.318. The molecule has 0 atom stereocenters. The normalized spacial score (nSPS) is 17.4. The van der Waals surface area contributed by atoms with E-state index in [1.165, 1.54) is 23.8 Å². The molecule has 6 nitrogen and oxygen atoms in total. The number of ether oxygens (including phenoxy) is 1. The molecule has 26 heavy (non-hydrogen) atoms. The third kappa shape index (κ3) is 4.04. The highest BCUT2D eigenvalue weighted by Gasteiger charge is 2.30. The van der Waals surface area contributed by atoms with Crippen molar-refractivity contribution in [2.45, 2.75) is 0 Å². The number of carbonyl (C=O) groups excluding carboxylic acids is 2. The van der Waals surface area contributed by atoms with Crippen LogP contribution < -0.4 is 0 Å². The van der Waals surface area contributed by atoms with Gasteiger partial charge in [-0.05, 0) is 80.6 Å². The van der Waals surface area contributed by atoms with Crippen LogP contribution >= 0.6 is 50.3 Å². The standard InChI is InChI=1S/C17H12BrIN2O4S/c1-21-15(22)13(8-11-7-12(19)14(18)25-11)26-17(21)20-10-5-3-9(4-6-10)16(23)24-2/h3-8H,1-2H3/b13-8-,20-17?. The second-order valence-corrected chi connectivity index (χ2v) is 8.07. The minimum Gasteiger partial charge on any atom is -0.465 e. The van der Waals surface area contributed by atoms with Crippen molar-refractivity contribution >= 4 is 79.1 Å². The Morgan fingerprint density at radius 3 is 2.65 bits per heavy atom. The van der Waals surface area contributed by atoms with Gasteiger partial charge in [0.25, 0.3) is 5.91 Å². The van der Waals surface area contributed by atoms with E-state index in [-0.39, 0.29) is 5.91 Å². The molecule has 0 N–H and O–H groups in total. The van der Waals surface area contributed by atoms with Gasteiger partial charge in [0.05, 0.1) is 26.8 Å². The number of thioether (sulfide) groups is 1. The van der Waals surface area contributed by atoms with Crippen LogP contribution in [-0.4, -0.2) is 36.1 Å². The van der Waals surface area contributed by atoms with E-state index in [0.717, 1.165) is 3.57 Å². The SMILES string of the molecule is COC(=O)c1ccc(N=C2S/C(=C\c3cc(I)c(Br)o3)C(=O)N2C)cc1. The van der Waals surface area contributed by atoms with Gasteiger partial charge in [0, 0.05) is 13.1 Å². The second-order valence-electron chi connectivity index (χ2n) is 5.18. The monoisotopic (exact) mass is 546 g/mol. The van der Waals surface area contributed by atoms with Gasteiger partial charge in [0.15, 0.2) is 9.84 Å². The molecule has 0 aliphatic carbocycles. The van der Waals surface area contributed by atoms with Crippen LogP contribution in [0.15, 0.2) is 49.3 Å². The lowest BCUT2D eigenvalue weighted by Crippen LogP contribution is -2.23. The van der Waals surface area contributed by atoms with E-state index < -0.39 is 5.97 Å². The molecule has 2 aromatic rings. The summed E-state index contributed by atoms with van der Waals surface area (Å²) in [5, 5.41) is 0.549. The molecule has 2 heterocycles. The van der Waals surface area contributed by atoms with Crippen LogP contribution in [0.3, 0.4) is 0 Å². The summed E-state index contributed by atoms with van der Waals surface area (Å²) in [5.41, 5.74) is 1.08. The first-order chi connectivity index (χ1) is 12.4. The van der Waals surface area contributed by atoms with E-state index in [0.29, 0.717) is 31.8 Å². The smallest absolute Gasteiger partial charge is 0.337 e. The van der Waals surface area contributed by atoms with Crippen LogP contribution in [0.1, 0.15) is 16.1 Å². The number of furan rings is 1. The molecular formula is C17H12BrIN2O4S. The zero-order valence-electron chi connectivity index (χ0n) is 13.7. The average Bonchev–Trinajstić information content (AvgIpc) is 3.08. The Kier molecular flexibility index (Phi) is 5.88. The highest BCUT2D eigenvalue weighted by molar-refractivity contribution is 14.1. The average molecular weight is 547 g/mol. The Labute approximate surface area is 175 Å². The maximum atomic E-state index is 12.4. The van der Waals surface area contributed by atoms with Gasteiger partial charge in [-0.2, -0.15) is 0 Å². The minimum atomic E-state index is -0.406. The molecule has 0 unspecified atom stereocenters. The number of hydrogen-bond donors (Lipinski definition) is 0. The molecule has 1 aliphatic heterocycles. The molecule has 1 aliphatic rings. The molecular weight excluding hydrogens is 535 g/mol. The van der Waals surface area contributed by atoms with E-state index in [9.17, 15) is 9.59 Å². The number of likely N-dealkylation sites (N-methyl/N-ethyl adjacent to an activating group) is 1. The fourth-order valence-corrected chi connectivity index (χ4v) is 3.80. The summed E-state index contributed by atoms with van der Waals surface area (Å²) < 4.78 is 11.8. The number of methoxy groups -OCH3 is 1. The minimum absolute atomic E-state index is 0.150. The van der Waals surface area contributed by atoms with E-state index >= 15 is 0 Å². The zero-order valence-corrected chi connectivity index (χ0v) is 18.2. The van der Waals surface area contributed by atoms with Crippen molar-refractivity contribution in [1.29, 1.82) is 0 Å². The predicted octanol–water partition coefficient (Wildman–Crippen LogP) is 4.67. The summed E-state index contributed by atoms with van der Waals surface area (Å²) in [4.78, 5) is 30.4. The third-order valence-corrected chi connectivity index (χ3v) is 6.65. The van der Waals surface area contributed by atoms with Crippen molar-refractivity contribution in [3.05, 3.63) is 54.8 Å². The van der Waals surface area contributed by atoms with Gasteiger partial charge in [0.2, 0.25) is 0 Å². The number of nitrogens with zero attached hydrogens (tertiary/aromatic N) is 2.